The largest absolute Gasteiger partial charge is 0.356 e. The van der Waals surface area contributed by atoms with E-state index in [1.54, 1.807) is 0 Å². The molecule has 0 amide bonds. The molecule has 0 spiro atoms. The first-order valence-electron chi connectivity index (χ1n) is 1.36. The van der Waals surface area contributed by atoms with E-state index in [0.717, 1.165) is 0 Å². The van der Waals surface area contributed by atoms with Crippen molar-refractivity contribution in [3.8, 4) is 0 Å². The summed E-state index contributed by atoms with van der Waals surface area (Å²) in [6.45, 7) is 0. The first kappa shape index (κ1) is 8.18. The molecule has 0 radical (unpaired) electrons. The third kappa shape index (κ3) is 7.18. The molecular formula is H5NO2P2S2. The topological polar surface area (TPSA) is 52.5 Å². The van der Waals surface area contributed by atoms with Crippen molar-refractivity contribution < 1.29 is 9.79 Å². The molecule has 2 atom stereocenters. The second kappa shape index (κ2) is 4.10. The zero-order valence-electron chi connectivity index (χ0n) is 3.21. The Morgan fingerprint density at radius 1 is 1.14 bits per heavy atom. The third-order valence-corrected chi connectivity index (χ3v) is 3.76. The minimum absolute atomic E-state index is 1.91. The maximum absolute atomic E-state index is 8.33. The van der Waals surface area contributed by atoms with Crippen LogP contribution in [0.2, 0.25) is 0 Å². The highest BCUT2D eigenvalue weighted by Crippen LogP contribution is 2.19. The second-order valence-corrected chi connectivity index (χ2v) is 5.28. The monoisotopic (exact) mass is 177 g/mol. The van der Waals surface area contributed by atoms with Gasteiger partial charge in [-0.05, 0) is 0 Å². The maximum Gasteiger partial charge on any atom is 0.119 e. The van der Waals surface area contributed by atoms with Crippen LogP contribution in [0, 0.1) is 0 Å². The molecule has 0 rings (SSSR count). The van der Waals surface area contributed by atoms with Crippen molar-refractivity contribution in [3.63, 3.8) is 0 Å². The Morgan fingerprint density at radius 2 is 1.43 bits per heavy atom. The van der Waals surface area contributed by atoms with E-state index in [2.05, 4.69) is 28.5 Å². The molecule has 0 aromatic carbocycles. The number of hydrogen-bond donors (Lipinski definition) is 3. The molecule has 44 valence electrons. The predicted octanol–water partition coefficient (Wildman–Crippen LogP) is -0.427. The predicted molar refractivity (Wildman–Crippen MR) is 38.9 cm³/mol. The summed E-state index contributed by atoms with van der Waals surface area (Å²) in [6, 6.07) is 0. The lowest BCUT2D eigenvalue weighted by Crippen LogP contribution is -1.83. The lowest BCUT2D eigenvalue weighted by atomic mass is 13.9. The van der Waals surface area contributed by atoms with Gasteiger partial charge in [0, 0.05) is 0 Å². The van der Waals surface area contributed by atoms with E-state index in [4.69, 9.17) is 9.79 Å². The summed E-state index contributed by atoms with van der Waals surface area (Å²) in [5.41, 5.74) is 0. The van der Waals surface area contributed by atoms with Crippen LogP contribution in [0.5, 0.6) is 0 Å². The molecule has 2 unspecified atom stereocenters. The van der Waals surface area contributed by atoms with Crippen LogP contribution in [-0.2, 0) is 23.6 Å². The quantitative estimate of drug-likeness (QED) is 0.500. The van der Waals surface area contributed by atoms with Crippen molar-refractivity contribution in [1.82, 2.24) is 4.86 Å². The third-order valence-electron chi connectivity index (χ3n) is 0.214. The smallest absolute Gasteiger partial charge is 0.119 e. The molecule has 0 bridgehead atoms. The van der Waals surface area contributed by atoms with Gasteiger partial charge in [-0.3, -0.25) is 0 Å². The number of nitrogens with one attached hydrogen (secondary N) is 1. The van der Waals surface area contributed by atoms with Gasteiger partial charge in [0.2, 0.25) is 0 Å². The number of hydrogen-bond acceptors (Lipinski definition) is 2. The van der Waals surface area contributed by atoms with Crippen molar-refractivity contribution in [1.29, 1.82) is 0 Å². The Bertz CT molecular complexity index is 89.9. The Hall–Kier alpha value is 1.18. The molecule has 0 aliphatic rings. The average molecular weight is 177 g/mol. The summed E-state index contributed by atoms with van der Waals surface area (Å²) in [7, 11) is -3.82. The van der Waals surface area contributed by atoms with Gasteiger partial charge in [-0.2, -0.15) is 0 Å². The SMILES string of the molecule is O[PH](=S)N[PH](O)=S. The molecule has 0 aromatic heterocycles. The van der Waals surface area contributed by atoms with E-state index in [9.17, 15) is 0 Å². The Labute approximate surface area is 52.9 Å². The van der Waals surface area contributed by atoms with E-state index in [1.165, 1.54) is 0 Å². The summed E-state index contributed by atoms with van der Waals surface area (Å²) in [6.07, 6.45) is 0. The van der Waals surface area contributed by atoms with E-state index in [-0.39, 0.29) is 0 Å². The van der Waals surface area contributed by atoms with Crippen LogP contribution < -0.4 is 4.86 Å². The van der Waals surface area contributed by atoms with Crippen molar-refractivity contribution in [2.75, 3.05) is 0 Å². The fourth-order valence-electron chi connectivity index (χ4n) is 0.0915. The molecule has 0 saturated heterocycles. The van der Waals surface area contributed by atoms with Crippen molar-refractivity contribution in [2.45, 2.75) is 0 Å². The average Bonchev–Trinajstić information content (AvgIpc) is 1.27. The lowest BCUT2D eigenvalue weighted by Gasteiger charge is -1.94. The molecule has 0 heterocycles. The minimum Gasteiger partial charge on any atom is -0.356 e. The van der Waals surface area contributed by atoms with Crippen LogP contribution in [0.4, 0.5) is 0 Å². The molecule has 3 nitrogen and oxygen atoms in total. The first-order chi connectivity index (χ1) is 3.13. The van der Waals surface area contributed by atoms with Crippen LogP contribution in [0.1, 0.15) is 0 Å². The summed E-state index contributed by atoms with van der Waals surface area (Å²) in [4.78, 5) is 18.9. The molecular weight excluding hydrogens is 172 g/mol. The van der Waals surface area contributed by atoms with Gasteiger partial charge in [0.1, 0.15) is 14.1 Å². The minimum atomic E-state index is -1.91. The van der Waals surface area contributed by atoms with E-state index in [0.29, 0.717) is 0 Å². The van der Waals surface area contributed by atoms with Crippen LogP contribution in [-0.4, -0.2) is 9.79 Å². The van der Waals surface area contributed by atoms with Crippen molar-refractivity contribution >= 4 is 37.8 Å². The molecule has 7 heavy (non-hydrogen) atoms. The summed E-state index contributed by atoms with van der Waals surface area (Å²) in [5, 5.41) is 0. The maximum atomic E-state index is 8.33. The van der Waals surface area contributed by atoms with Crippen LogP contribution in [0.15, 0.2) is 0 Å². The highest BCUT2D eigenvalue weighted by molar-refractivity contribution is 8.09. The summed E-state index contributed by atoms with van der Waals surface area (Å²) >= 11 is 8.60. The van der Waals surface area contributed by atoms with Gasteiger partial charge in [0.05, 0.1) is 0 Å². The highest BCUT2D eigenvalue weighted by atomic mass is 32.5. The second-order valence-electron chi connectivity index (χ2n) is 0.735. The molecule has 0 fully saturated rings. The normalized spacial score (nSPS) is 18.6. The van der Waals surface area contributed by atoms with Gasteiger partial charge in [-0.25, -0.2) is 4.86 Å². The fraction of sp³-hybridized carbons (Fsp3) is 0. The number of rotatable bonds is 2. The van der Waals surface area contributed by atoms with Gasteiger partial charge in [0.15, 0.2) is 0 Å². The Morgan fingerprint density at radius 3 is 1.43 bits per heavy atom. The van der Waals surface area contributed by atoms with Crippen molar-refractivity contribution in [3.05, 3.63) is 0 Å². The van der Waals surface area contributed by atoms with E-state index >= 15 is 0 Å². The van der Waals surface area contributed by atoms with E-state index < -0.39 is 14.1 Å². The standard InChI is InChI=1S/H5NO2P2S2/c2-4(6)1-5(3)7/h4-5H,(H3,1,2,3,6,7). The van der Waals surface area contributed by atoms with Gasteiger partial charge in [-0.1, -0.05) is 23.6 Å². The zero-order valence-corrected chi connectivity index (χ0v) is 6.84. The first-order valence-corrected chi connectivity index (χ1v) is 6.52. The van der Waals surface area contributed by atoms with Gasteiger partial charge < -0.3 is 9.79 Å². The molecule has 3 N–H and O–H groups in total. The zero-order chi connectivity index (χ0) is 5.86. The van der Waals surface area contributed by atoms with Gasteiger partial charge >= 0.3 is 0 Å². The van der Waals surface area contributed by atoms with Gasteiger partial charge in [0.25, 0.3) is 0 Å². The Balaban J connectivity index is 3.32. The fourth-order valence-corrected chi connectivity index (χ4v) is 3.14. The van der Waals surface area contributed by atoms with Crippen LogP contribution in [0.3, 0.4) is 0 Å². The lowest BCUT2D eigenvalue weighted by molar-refractivity contribution is 0.622. The van der Waals surface area contributed by atoms with Gasteiger partial charge in [-0.15, -0.1) is 0 Å². The molecule has 0 aliphatic carbocycles. The van der Waals surface area contributed by atoms with Crippen LogP contribution >= 0.6 is 14.1 Å². The molecule has 0 aromatic rings. The molecule has 7 heteroatoms. The summed E-state index contributed by atoms with van der Waals surface area (Å²) in [5.74, 6) is 0. The highest BCUT2D eigenvalue weighted by Gasteiger charge is 1.83. The van der Waals surface area contributed by atoms with Crippen molar-refractivity contribution in [2.24, 2.45) is 0 Å². The van der Waals surface area contributed by atoms with Crippen LogP contribution in [0.25, 0.3) is 0 Å². The molecule has 0 aliphatic heterocycles. The summed E-state index contributed by atoms with van der Waals surface area (Å²) < 4.78 is 0. The Kier molecular flexibility index (Phi) is 4.79. The molecule has 0 saturated carbocycles. The van der Waals surface area contributed by atoms with E-state index in [1.807, 2.05) is 0 Å².